The zero-order valence-electron chi connectivity index (χ0n) is 13.1. The molecule has 1 aliphatic rings. The fourth-order valence-electron chi connectivity index (χ4n) is 2.99. The number of aromatic nitrogens is 2. The van der Waals surface area contributed by atoms with Gasteiger partial charge < -0.3 is 4.98 Å². The molecule has 0 bridgehead atoms. The van der Waals surface area contributed by atoms with Gasteiger partial charge in [-0.25, -0.2) is 4.98 Å². The Labute approximate surface area is 135 Å². The van der Waals surface area contributed by atoms with E-state index >= 15 is 0 Å². The Kier molecular flexibility index (Phi) is 4.64. The molecule has 0 aliphatic carbocycles. The molecule has 0 amide bonds. The lowest BCUT2D eigenvalue weighted by molar-refractivity contribution is 0.240. The predicted octanol–water partition coefficient (Wildman–Crippen LogP) is 2.61. The number of benzene rings is 1. The second-order valence-corrected chi connectivity index (χ2v) is 6.38. The van der Waals surface area contributed by atoms with Gasteiger partial charge in [-0.2, -0.15) is 0 Å². The SMILES string of the molecule is CCc1ccccc1CN1CCc2nc(SC)[nH]c(=O)c2C1. The van der Waals surface area contributed by atoms with Crippen molar-refractivity contribution in [1.82, 2.24) is 14.9 Å². The fourth-order valence-corrected chi connectivity index (χ4v) is 3.38. The third-order valence-corrected chi connectivity index (χ3v) is 4.79. The number of aromatic amines is 1. The first-order chi connectivity index (χ1) is 10.7. The Morgan fingerprint density at radius 2 is 2.09 bits per heavy atom. The number of hydrogen-bond donors (Lipinski definition) is 1. The van der Waals surface area contributed by atoms with Crippen molar-refractivity contribution in [2.75, 3.05) is 12.8 Å². The van der Waals surface area contributed by atoms with Crippen molar-refractivity contribution < 1.29 is 0 Å². The largest absolute Gasteiger partial charge is 0.301 e. The second-order valence-electron chi connectivity index (χ2n) is 5.58. The lowest BCUT2D eigenvalue weighted by atomic mass is 10.0. The van der Waals surface area contributed by atoms with E-state index in [9.17, 15) is 4.79 Å². The van der Waals surface area contributed by atoms with E-state index in [2.05, 4.69) is 46.1 Å². The Morgan fingerprint density at radius 3 is 2.82 bits per heavy atom. The summed E-state index contributed by atoms with van der Waals surface area (Å²) in [5.74, 6) is 0. The number of rotatable bonds is 4. The fraction of sp³-hybridized carbons (Fsp3) is 0.412. The number of aryl methyl sites for hydroxylation is 1. The van der Waals surface area contributed by atoms with Gasteiger partial charge in [-0.3, -0.25) is 9.69 Å². The van der Waals surface area contributed by atoms with Crippen LogP contribution in [0.2, 0.25) is 0 Å². The van der Waals surface area contributed by atoms with Crippen LogP contribution in [0, 0.1) is 0 Å². The van der Waals surface area contributed by atoms with E-state index in [0.29, 0.717) is 11.7 Å². The maximum atomic E-state index is 12.2. The molecular weight excluding hydrogens is 294 g/mol. The summed E-state index contributed by atoms with van der Waals surface area (Å²) in [7, 11) is 0. The first kappa shape index (κ1) is 15.3. The average Bonchev–Trinajstić information content (AvgIpc) is 2.55. The van der Waals surface area contributed by atoms with Crippen molar-refractivity contribution in [2.24, 2.45) is 0 Å². The van der Waals surface area contributed by atoms with E-state index in [1.54, 1.807) is 0 Å². The standard InChI is InChI=1S/C17H21N3OS/c1-3-12-6-4-5-7-13(12)10-20-9-8-15-14(11-20)16(21)19-17(18-15)22-2/h4-7H,3,8-11H2,1-2H3,(H,18,19,21). The molecule has 22 heavy (non-hydrogen) atoms. The molecule has 0 unspecified atom stereocenters. The minimum atomic E-state index is 0.0165. The van der Waals surface area contributed by atoms with Gasteiger partial charge in [0.15, 0.2) is 5.16 Å². The summed E-state index contributed by atoms with van der Waals surface area (Å²) in [6, 6.07) is 8.55. The van der Waals surface area contributed by atoms with E-state index in [4.69, 9.17) is 0 Å². The zero-order chi connectivity index (χ0) is 15.5. The normalized spacial score (nSPS) is 14.8. The van der Waals surface area contributed by atoms with Gasteiger partial charge >= 0.3 is 0 Å². The molecule has 0 saturated heterocycles. The third-order valence-electron chi connectivity index (χ3n) is 4.21. The van der Waals surface area contributed by atoms with Crippen molar-refractivity contribution in [1.29, 1.82) is 0 Å². The van der Waals surface area contributed by atoms with Crippen LogP contribution in [-0.2, 0) is 25.9 Å². The molecule has 1 aromatic heterocycles. The lowest BCUT2D eigenvalue weighted by Gasteiger charge is -2.28. The highest BCUT2D eigenvalue weighted by atomic mass is 32.2. The summed E-state index contributed by atoms with van der Waals surface area (Å²) in [4.78, 5) is 22.0. The van der Waals surface area contributed by atoms with Gasteiger partial charge in [-0.05, 0) is 23.8 Å². The van der Waals surface area contributed by atoms with Crippen LogP contribution >= 0.6 is 11.8 Å². The summed E-state index contributed by atoms with van der Waals surface area (Å²) >= 11 is 1.48. The highest BCUT2D eigenvalue weighted by Crippen LogP contribution is 2.20. The first-order valence-electron chi connectivity index (χ1n) is 7.66. The summed E-state index contributed by atoms with van der Waals surface area (Å²) in [5, 5.41) is 0.716. The van der Waals surface area contributed by atoms with Gasteiger partial charge in [0.1, 0.15) is 0 Å². The first-order valence-corrected chi connectivity index (χ1v) is 8.89. The maximum Gasteiger partial charge on any atom is 0.256 e. The van der Waals surface area contributed by atoms with Crippen LogP contribution in [-0.4, -0.2) is 27.7 Å². The van der Waals surface area contributed by atoms with Gasteiger partial charge in [0.2, 0.25) is 0 Å². The van der Waals surface area contributed by atoms with Crippen LogP contribution in [0.15, 0.2) is 34.2 Å². The van der Waals surface area contributed by atoms with E-state index in [0.717, 1.165) is 37.2 Å². The molecule has 2 heterocycles. The smallest absolute Gasteiger partial charge is 0.256 e. The molecule has 116 valence electrons. The molecule has 2 aromatic rings. The molecule has 0 radical (unpaired) electrons. The molecule has 1 aromatic carbocycles. The van der Waals surface area contributed by atoms with E-state index < -0.39 is 0 Å². The van der Waals surface area contributed by atoms with Crippen LogP contribution in [0.1, 0.15) is 29.3 Å². The van der Waals surface area contributed by atoms with Crippen molar-refractivity contribution in [3.8, 4) is 0 Å². The summed E-state index contributed by atoms with van der Waals surface area (Å²) in [6.45, 7) is 4.72. The Hall–Kier alpha value is -1.59. The summed E-state index contributed by atoms with van der Waals surface area (Å²) in [6.07, 6.45) is 3.82. The van der Waals surface area contributed by atoms with Crippen molar-refractivity contribution in [2.45, 2.75) is 38.0 Å². The summed E-state index contributed by atoms with van der Waals surface area (Å²) in [5.41, 5.74) is 4.56. The third kappa shape index (κ3) is 3.10. The molecular formula is C17H21N3OS. The van der Waals surface area contributed by atoms with Crippen LogP contribution in [0.4, 0.5) is 0 Å². The molecule has 0 spiro atoms. The molecule has 3 rings (SSSR count). The van der Waals surface area contributed by atoms with Gasteiger partial charge in [0, 0.05) is 26.1 Å². The highest BCUT2D eigenvalue weighted by Gasteiger charge is 2.21. The Balaban J connectivity index is 1.81. The van der Waals surface area contributed by atoms with Gasteiger partial charge in [0.05, 0.1) is 11.3 Å². The van der Waals surface area contributed by atoms with E-state index in [-0.39, 0.29) is 5.56 Å². The quantitative estimate of drug-likeness (QED) is 0.696. The zero-order valence-corrected chi connectivity index (χ0v) is 13.9. The van der Waals surface area contributed by atoms with Crippen LogP contribution in [0.3, 0.4) is 0 Å². The number of thioether (sulfide) groups is 1. The van der Waals surface area contributed by atoms with Crippen molar-refractivity contribution >= 4 is 11.8 Å². The Morgan fingerprint density at radius 1 is 1.32 bits per heavy atom. The highest BCUT2D eigenvalue weighted by molar-refractivity contribution is 7.98. The monoisotopic (exact) mass is 315 g/mol. The molecule has 1 aliphatic heterocycles. The minimum Gasteiger partial charge on any atom is -0.301 e. The van der Waals surface area contributed by atoms with Gasteiger partial charge in [-0.15, -0.1) is 0 Å². The topological polar surface area (TPSA) is 49.0 Å². The number of nitrogens with zero attached hydrogens (tertiary/aromatic N) is 2. The molecule has 1 N–H and O–H groups in total. The average molecular weight is 315 g/mol. The van der Waals surface area contributed by atoms with Crippen LogP contribution in [0.5, 0.6) is 0 Å². The molecule has 4 nitrogen and oxygen atoms in total. The number of hydrogen-bond acceptors (Lipinski definition) is 4. The predicted molar refractivity (Wildman–Crippen MR) is 90.3 cm³/mol. The number of fused-ring (bicyclic) bond motifs is 1. The minimum absolute atomic E-state index is 0.0165. The van der Waals surface area contributed by atoms with Crippen molar-refractivity contribution in [3.05, 3.63) is 57.0 Å². The molecule has 0 fully saturated rings. The van der Waals surface area contributed by atoms with Gasteiger partial charge in [0.25, 0.3) is 5.56 Å². The molecule has 5 heteroatoms. The molecule has 0 atom stereocenters. The van der Waals surface area contributed by atoms with E-state index in [1.165, 1.54) is 22.9 Å². The molecule has 0 saturated carbocycles. The van der Waals surface area contributed by atoms with Crippen LogP contribution < -0.4 is 5.56 Å². The lowest BCUT2D eigenvalue weighted by Crippen LogP contribution is -2.35. The van der Waals surface area contributed by atoms with Crippen molar-refractivity contribution in [3.63, 3.8) is 0 Å². The summed E-state index contributed by atoms with van der Waals surface area (Å²) < 4.78 is 0. The van der Waals surface area contributed by atoms with Crippen LogP contribution in [0.25, 0.3) is 0 Å². The number of H-pyrrole nitrogens is 1. The second kappa shape index (κ2) is 6.67. The maximum absolute atomic E-state index is 12.2. The van der Waals surface area contributed by atoms with E-state index in [1.807, 2.05) is 6.26 Å². The number of nitrogens with one attached hydrogen (secondary N) is 1. The Bertz CT molecular complexity index is 726. The van der Waals surface area contributed by atoms with Gasteiger partial charge in [-0.1, -0.05) is 43.0 Å².